The van der Waals surface area contributed by atoms with Gasteiger partial charge < -0.3 is 19.5 Å². The number of imidazole rings is 1. The fourth-order valence-electron chi connectivity index (χ4n) is 3.18. The molecule has 8 heteroatoms. The molecule has 1 aliphatic heterocycles. The lowest BCUT2D eigenvalue weighted by Crippen LogP contribution is -2.17. The van der Waals surface area contributed by atoms with E-state index in [0.717, 1.165) is 22.0 Å². The van der Waals surface area contributed by atoms with Crippen molar-refractivity contribution in [1.29, 1.82) is 0 Å². The predicted octanol–water partition coefficient (Wildman–Crippen LogP) is 4.09. The van der Waals surface area contributed by atoms with Crippen molar-refractivity contribution in [3.63, 3.8) is 0 Å². The zero-order chi connectivity index (χ0) is 19.8. The quantitative estimate of drug-likeness (QED) is 0.551. The van der Waals surface area contributed by atoms with Crippen LogP contribution in [0.25, 0.3) is 16.2 Å². The van der Waals surface area contributed by atoms with Gasteiger partial charge in [0.1, 0.15) is 24.7 Å². The zero-order valence-corrected chi connectivity index (χ0v) is 16.4. The smallest absolute Gasteiger partial charge is 0.273 e. The average molecular weight is 407 g/mol. The maximum absolute atomic E-state index is 12.9. The van der Waals surface area contributed by atoms with Crippen LogP contribution in [0.3, 0.4) is 0 Å². The molecule has 5 rings (SSSR count). The van der Waals surface area contributed by atoms with E-state index in [1.165, 1.54) is 11.3 Å². The first-order chi connectivity index (χ1) is 14.2. The van der Waals surface area contributed by atoms with E-state index in [4.69, 9.17) is 14.2 Å². The minimum absolute atomic E-state index is 0.220. The lowest BCUT2D eigenvalue weighted by atomic mass is 10.1. The topological polar surface area (TPSA) is 74.1 Å². The average Bonchev–Trinajstić information content (AvgIpc) is 3.34. The summed E-state index contributed by atoms with van der Waals surface area (Å²) in [5.74, 6) is 1.86. The first-order valence-corrected chi connectivity index (χ1v) is 9.91. The number of benzene rings is 2. The number of carbonyl (C=O) groups is 1. The van der Waals surface area contributed by atoms with Crippen molar-refractivity contribution in [3.05, 3.63) is 59.7 Å². The molecule has 1 aliphatic rings. The molecule has 0 aliphatic carbocycles. The van der Waals surface area contributed by atoms with Gasteiger partial charge in [0.2, 0.25) is 0 Å². The fourth-order valence-corrected chi connectivity index (χ4v) is 4.04. The number of anilines is 1. The number of nitrogens with one attached hydrogen (secondary N) is 1. The number of methoxy groups -OCH3 is 1. The van der Waals surface area contributed by atoms with Crippen molar-refractivity contribution in [2.45, 2.75) is 0 Å². The molecule has 0 radical (unpaired) electrons. The van der Waals surface area contributed by atoms with E-state index in [1.54, 1.807) is 35.1 Å². The number of carbonyl (C=O) groups excluding carboxylic acids is 1. The van der Waals surface area contributed by atoms with E-state index in [0.29, 0.717) is 36.1 Å². The molecule has 2 aromatic carbocycles. The standard InChI is InChI=1S/C21H17N3O4S/c1-26-15-4-2-3-13(9-15)16-11-24-17(12-29-21(24)23-16)20(25)22-14-5-6-18-19(10-14)28-8-7-27-18/h2-6,9-12H,7-8H2,1H3,(H,22,25). The van der Waals surface area contributed by atoms with Crippen LogP contribution in [-0.4, -0.2) is 35.6 Å². The van der Waals surface area contributed by atoms with Gasteiger partial charge in [0.25, 0.3) is 5.91 Å². The van der Waals surface area contributed by atoms with Crippen LogP contribution in [0.2, 0.25) is 0 Å². The molecule has 7 nitrogen and oxygen atoms in total. The second kappa shape index (κ2) is 7.14. The molecule has 4 aromatic rings. The third-order valence-electron chi connectivity index (χ3n) is 4.61. The molecule has 0 atom stereocenters. The van der Waals surface area contributed by atoms with Gasteiger partial charge in [0.15, 0.2) is 16.5 Å². The van der Waals surface area contributed by atoms with E-state index < -0.39 is 0 Å². The Morgan fingerprint density at radius 3 is 2.90 bits per heavy atom. The van der Waals surface area contributed by atoms with E-state index >= 15 is 0 Å². The number of nitrogens with zero attached hydrogens (tertiary/aromatic N) is 2. The summed E-state index contributed by atoms with van der Waals surface area (Å²) in [6, 6.07) is 13.0. The number of fused-ring (bicyclic) bond motifs is 2. The minimum Gasteiger partial charge on any atom is -0.497 e. The lowest BCUT2D eigenvalue weighted by molar-refractivity contribution is 0.102. The molecular formula is C21H17N3O4S. The third kappa shape index (κ3) is 3.27. The summed E-state index contributed by atoms with van der Waals surface area (Å²) in [4.78, 5) is 18.2. The Kier molecular flexibility index (Phi) is 4.33. The molecular weight excluding hydrogens is 390 g/mol. The van der Waals surface area contributed by atoms with Crippen LogP contribution < -0.4 is 19.5 Å². The van der Waals surface area contributed by atoms with Crippen LogP contribution in [-0.2, 0) is 0 Å². The summed E-state index contributed by atoms with van der Waals surface area (Å²) in [7, 11) is 1.63. The van der Waals surface area contributed by atoms with E-state index in [-0.39, 0.29) is 5.91 Å². The second-order valence-electron chi connectivity index (χ2n) is 6.44. The SMILES string of the molecule is COc1cccc(-c2cn3c(C(=O)Nc4ccc5c(c4)OCCO5)csc3n2)c1. The molecule has 0 spiro atoms. The number of thiazole rings is 1. The molecule has 0 bridgehead atoms. The van der Waals surface area contributed by atoms with Crippen molar-refractivity contribution >= 4 is 27.9 Å². The lowest BCUT2D eigenvalue weighted by Gasteiger charge is -2.18. The molecule has 1 N–H and O–H groups in total. The van der Waals surface area contributed by atoms with E-state index in [9.17, 15) is 4.79 Å². The van der Waals surface area contributed by atoms with Crippen molar-refractivity contribution in [2.24, 2.45) is 0 Å². The normalized spacial score (nSPS) is 12.7. The van der Waals surface area contributed by atoms with Gasteiger partial charge in [-0.1, -0.05) is 12.1 Å². The second-order valence-corrected chi connectivity index (χ2v) is 7.28. The van der Waals surface area contributed by atoms with Gasteiger partial charge >= 0.3 is 0 Å². The highest BCUT2D eigenvalue weighted by Gasteiger charge is 2.17. The predicted molar refractivity (Wildman–Crippen MR) is 110 cm³/mol. The van der Waals surface area contributed by atoms with E-state index in [1.807, 2.05) is 30.5 Å². The Labute approximate surface area is 170 Å². The monoisotopic (exact) mass is 407 g/mol. The van der Waals surface area contributed by atoms with Crippen molar-refractivity contribution < 1.29 is 19.0 Å². The summed E-state index contributed by atoms with van der Waals surface area (Å²) < 4.78 is 18.2. The van der Waals surface area contributed by atoms with Crippen LogP contribution in [0.1, 0.15) is 10.5 Å². The molecule has 0 unspecified atom stereocenters. The first kappa shape index (κ1) is 17.6. The summed E-state index contributed by atoms with van der Waals surface area (Å²) in [6.45, 7) is 1.03. The van der Waals surface area contributed by atoms with E-state index in [2.05, 4.69) is 10.3 Å². The molecule has 3 heterocycles. The fraction of sp³-hybridized carbons (Fsp3) is 0.143. The molecule has 0 saturated carbocycles. The summed E-state index contributed by atoms with van der Waals surface area (Å²) >= 11 is 1.42. The van der Waals surface area contributed by atoms with Crippen molar-refractivity contribution in [3.8, 4) is 28.5 Å². The van der Waals surface area contributed by atoms with Gasteiger partial charge in [-0.25, -0.2) is 4.98 Å². The highest BCUT2D eigenvalue weighted by Crippen LogP contribution is 2.33. The maximum atomic E-state index is 12.9. The Morgan fingerprint density at radius 2 is 2.03 bits per heavy atom. The molecule has 29 heavy (non-hydrogen) atoms. The third-order valence-corrected chi connectivity index (χ3v) is 5.45. The Morgan fingerprint density at radius 1 is 1.17 bits per heavy atom. The number of amides is 1. The zero-order valence-electron chi connectivity index (χ0n) is 15.5. The Hall–Kier alpha value is -3.52. The number of ether oxygens (including phenoxy) is 3. The van der Waals surface area contributed by atoms with Gasteiger partial charge in [-0.3, -0.25) is 9.20 Å². The summed E-state index contributed by atoms with van der Waals surface area (Å²) in [5, 5.41) is 4.71. The summed E-state index contributed by atoms with van der Waals surface area (Å²) in [5.41, 5.74) is 2.87. The highest BCUT2D eigenvalue weighted by molar-refractivity contribution is 7.15. The van der Waals surface area contributed by atoms with Gasteiger partial charge in [-0.05, 0) is 24.3 Å². The molecule has 2 aromatic heterocycles. The Balaban J connectivity index is 1.42. The largest absolute Gasteiger partial charge is 0.497 e. The number of hydrogen-bond acceptors (Lipinski definition) is 6. The number of aromatic nitrogens is 2. The van der Waals surface area contributed by atoms with Gasteiger partial charge in [0, 0.05) is 28.9 Å². The number of rotatable bonds is 4. The number of hydrogen-bond donors (Lipinski definition) is 1. The minimum atomic E-state index is -0.220. The summed E-state index contributed by atoms with van der Waals surface area (Å²) in [6.07, 6.45) is 1.86. The highest BCUT2D eigenvalue weighted by atomic mass is 32.1. The van der Waals surface area contributed by atoms with Crippen molar-refractivity contribution in [2.75, 3.05) is 25.6 Å². The first-order valence-electron chi connectivity index (χ1n) is 9.03. The molecule has 0 fully saturated rings. The molecule has 0 saturated heterocycles. The molecule has 1 amide bonds. The van der Waals surface area contributed by atoms with Gasteiger partial charge in [0.05, 0.1) is 12.8 Å². The van der Waals surface area contributed by atoms with Gasteiger partial charge in [-0.15, -0.1) is 11.3 Å². The maximum Gasteiger partial charge on any atom is 0.273 e. The Bertz CT molecular complexity index is 1210. The van der Waals surface area contributed by atoms with Crippen LogP contribution in [0.5, 0.6) is 17.2 Å². The van der Waals surface area contributed by atoms with Crippen LogP contribution >= 0.6 is 11.3 Å². The van der Waals surface area contributed by atoms with Crippen LogP contribution in [0.4, 0.5) is 5.69 Å². The van der Waals surface area contributed by atoms with Crippen LogP contribution in [0.15, 0.2) is 54.0 Å². The molecule has 146 valence electrons. The van der Waals surface area contributed by atoms with Crippen molar-refractivity contribution in [1.82, 2.24) is 9.38 Å². The van der Waals surface area contributed by atoms with Crippen LogP contribution in [0, 0.1) is 0 Å². The van der Waals surface area contributed by atoms with Gasteiger partial charge in [-0.2, -0.15) is 0 Å².